The summed E-state index contributed by atoms with van der Waals surface area (Å²) in [5.41, 5.74) is 1.88. The van der Waals surface area contributed by atoms with E-state index in [1.54, 1.807) is 0 Å². The number of fused-ring (bicyclic) bond motifs is 1. The molecule has 21 heavy (non-hydrogen) atoms. The number of ketones is 1. The Morgan fingerprint density at radius 2 is 2.05 bits per heavy atom. The fourth-order valence-electron chi connectivity index (χ4n) is 3.43. The van der Waals surface area contributed by atoms with E-state index in [2.05, 4.69) is 16.8 Å². The van der Waals surface area contributed by atoms with Crippen LogP contribution in [0.25, 0.3) is 10.9 Å². The van der Waals surface area contributed by atoms with Crippen molar-refractivity contribution in [3.8, 4) is 0 Å². The van der Waals surface area contributed by atoms with Crippen LogP contribution in [0, 0.1) is 5.92 Å². The third-order valence-corrected chi connectivity index (χ3v) is 4.66. The quantitative estimate of drug-likeness (QED) is 0.846. The van der Waals surface area contributed by atoms with Crippen molar-refractivity contribution >= 4 is 16.7 Å². The number of H-pyrrole nitrogens is 1. The Kier molecular flexibility index (Phi) is 4.39. The molecule has 1 aromatic carbocycles. The molecule has 1 aliphatic heterocycles. The Bertz CT molecular complexity index is 608. The molecule has 0 bridgehead atoms. The van der Waals surface area contributed by atoms with Crippen molar-refractivity contribution in [3.63, 3.8) is 0 Å². The Morgan fingerprint density at radius 1 is 1.29 bits per heavy atom. The molecule has 1 aliphatic rings. The van der Waals surface area contributed by atoms with Gasteiger partial charge in [-0.05, 0) is 37.9 Å². The zero-order valence-electron chi connectivity index (χ0n) is 12.8. The SMILES string of the molecule is CCCC1CCN(CC(=O)c2c[nH]c3ccccc23)CC1. The molecule has 0 spiro atoms. The van der Waals surface area contributed by atoms with Crippen LogP contribution < -0.4 is 0 Å². The van der Waals surface area contributed by atoms with Gasteiger partial charge in [0.2, 0.25) is 0 Å². The summed E-state index contributed by atoms with van der Waals surface area (Å²) in [4.78, 5) is 18.0. The van der Waals surface area contributed by atoms with Gasteiger partial charge >= 0.3 is 0 Å². The highest BCUT2D eigenvalue weighted by Gasteiger charge is 2.21. The summed E-state index contributed by atoms with van der Waals surface area (Å²) < 4.78 is 0. The number of carbonyl (C=O) groups excluding carboxylic acids is 1. The third kappa shape index (κ3) is 3.18. The van der Waals surface area contributed by atoms with Crippen molar-refractivity contribution in [1.29, 1.82) is 0 Å². The van der Waals surface area contributed by atoms with Gasteiger partial charge in [0.05, 0.1) is 6.54 Å². The van der Waals surface area contributed by atoms with Gasteiger partial charge < -0.3 is 4.98 Å². The minimum atomic E-state index is 0.237. The molecule has 0 amide bonds. The highest BCUT2D eigenvalue weighted by molar-refractivity contribution is 6.08. The molecule has 2 heterocycles. The number of likely N-dealkylation sites (tertiary alicyclic amines) is 1. The molecule has 0 saturated carbocycles. The van der Waals surface area contributed by atoms with Crippen molar-refractivity contribution in [2.45, 2.75) is 32.6 Å². The summed E-state index contributed by atoms with van der Waals surface area (Å²) in [5, 5.41) is 1.04. The maximum absolute atomic E-state index is 12.5. The standard InChI is InChI=1S/C18H24N2O/c1-2-5-14-8-10-20(11-9-14)13-18(21)16-12-19-17-7-4-3-6-15(16)17/h3-4,6-7,12,14,19H,2,5,8-11,13H2,1H3. The first kappa shape index (κ1) is 14.3. The van der Waals surface area contributed by atoms with E-state index >= 15 is 0 Å². The fourth-order valence-corrected chi connectivity index (χ4v) is 3.43. The van der Waals surface area contributed by atoms with E-state index in [4.69, 9.17) is 0 Å². The van der Waals surface area contributed by atoms with Gasteiger partial charge in [0.25, 0.3) is 0 Å². The number of para-hydroxylation sites is 1. The number of piperidine rings is 1. The van der Waals surface area contributed by atoms with Gasteiger partial charge in [-0.25, -0.2) is 0 Å². The van der Waals surface area contributed by atoms with E-state index in [1.807, 2.05) is 30.5 Å². The maximum atomic E-state index is 12.5. The number of rotatable bonds is 5. The van der Waals surface area contributed by atoms with Crippen molar-refractivity contribution in [2.75, 3.05) is 19.6 Å². The first-order valence-corrected chi connectivity index (χ1v) is 8.09. The Hall–Kier alpha value is -1.61. The van der Waals surface area contributed by atoms with Crippen LogP contribution in [-0.4, -0.2) is 35.3 Å². The summed E-state index contributed by atoms with van der Waals surface area (Å²) in [5.74, 6) is 1.11. The van der Waals surface area contributed by atoms with Crippen molar-refractivity contribution in [3.05, 3.63) is 36.0 Å². The molecule has 0 unspecified atom stereocenters. The molecule has 1 saturated heterocycles. The lowest BCUT2D eigenvalue weighted by Gasteiger charge is -2.31. The number of nitrogens with one attached hydrogen (secondary N) is 1. The summed E-state index contributed by atoms with van der Waals surface area (Å²) in [6.45, 7) is 4.95. The number of hydrogen-bond acceptors (Lipinski definition) is 2. The van der Waals surface area contributed by atoms with Crippen LogP contribution in [0.5, 0.6) is 0 Å². The second-order valence-corrected chi connectivity index (χ2v) is 6.18. The summed E-state index contributed by atoms with van der Waals surface area (Å²) in [7, 11) is 0. The Morgan fingerprint density at radius 3 is 2.81 bits per heavy atom. The first-order chi connectivity index (χ1) is 10.3. The molecule has 3 rings (SSSR count). The number of benzene rings is 1. The number of hydrogen-bond donors (Lipinski definition) is 1. The molecule has 3 heteroatoms. The van der Waals surface area contributed by atoms with E-state index in [0.717, 1.165) is 35.5 Å². The average Bonchev–Trinajstić information content (AvgIpc) is 2.93. The number of nitrogens with zero attached hydrogens (tertiary/aromatic N) is 1. The lowest BCUT2D eigenvalue weighted by molar-refractivity contribution is 0.0894. The molecule has 1 fully saturated rings. The Labute approximate surface area is 126 Å². The lowest BCUT2D eigenvalue weighted by atomic mass is 9.92. The monoisotopic (exact) mass is 284 g/mol. The van der Waals surface area contributed by atoms with Gasteiger partial charge in [0.1, 0.15) is 0 Å². The minimum absolute atomic E-state index is 0.237. The van der Waals surface area contributed by atoms with Gasteiger partial charge in [0, 0.05) is 22.7 Å². The number of aromatic nitrogens is 1. The maximum Gasteiger partial charge on any atom is 0.178 e. The van der Waals surface area contributed by atoms with E-state index in [1.165, 1.54) is 25.7 Å². The van der Waals surface area contributed by atoms with Gasteiger partial charge in [-0.3, -0.25) is 9.69 Å². The number of Topliss-reactive ketones (excluding diaryl/α,β-unsaturated/α-hetero) is 1. The predicted octanol–water partition coefficient (Wildman–Crippen LogP) is 3.86. The second kappa shape index (κ2) is 6.44. The molecular formula is C18H24N2O. The highest BCUT2D eigenvalue weighted by Crippen LogP contribution is 2.23. The van der Waals surface area contributed by atoms with Gasteiger partial charge in [0.15, 0.2) is 5.78 Å². The average molecular weight is 284 g/mol. The molecule has 112 valence electrons. The van der Waals surface area contributed by atoms with Crippen molar-refractivity contribution in [1.82, 2.24) is 9.88 Å². The fraction of sp³-hybridized carbons (Fsp3) is 0.500. The second-order valence-electron chi connectivity index (χ2n) is 6.18. The summed E-state index contributed by atoms with van der Waals surface area (Å²) in [6.07, 6.45) is 6.96. The van der Waals surface area contributed by atoms with Crippen LogP contribution in [0.15, 0.2) is 30.5 Å². The number of carbonyl (C=O) groups is 1. The van der Waals surface area contributed by atoms with Crippen molar-refractivity contribution < 1.29 is 4.79 Å². The van der Waals surface area contributed by atoms with E-state index in [-0.39, 0.29) is 5.78 Å². The molecule has 0 aliphatic carbocycles. The van der Waals surface area contributed by atoms with Gasteiger partial charge in [-0.1, -0.05) is 38.0 Å². The first-order valence-electron chi connectivity index (χ1n) is 8.09. The lowest BCUT2D eigenvalue weighted by Crippen LogP contribution is -2.37. The molecule has 1 aromatic heterocycles. The van der Waals surface area contributed by atoms with Crippen molar-refractivity contribution in [2.24, 2.45) is 5.92 Å². The molecule has 1 N–H and O–H groups in total. The molecule has 0 atom stereocenters. The van der Waals surface area contributed by atoms with Crippen LogP contribution >= 0.6 is 0 Å². The van der Waals surface area contributed by atoms with Gasteiger partial charge in [-0.15, -0.1) is 0 Å². The molecule has 3 nitrogen and oxygen atoms in total. The van der Waals surface area contributed by atoms with E-state index < -0.39 is 0 Å². The van der Waals surface area contributed by atoms with E-state index in [9.17, 15) is 4.79 Å². The van der Waals surface area contributed by atoms with E-state index in [0.29, 0.717) is 6.54 Å². The normalized spacial score (nSPS) is 17.4. The zero-order chi connectivity index (χ0) is 14.7. The highest BCUT2D eigenvalue weighted by atomic mass is 16.1. The van der Waals surface area contributed by atoms with Crippen LogP contribution in [-0.2, 0) is 0 Å². The van der Waals surface area contributed by atoms with Crippen LogP contribution in [0.3, 0.4) is 0 Å². The smallest absolute Gasteiger partial charge is 0.178 e. The molecule has 0 radical (unpaired) electrons. The minimum Gasteiger partial charge on any atom is -0.360 e. The molecule has 2 aromatic rings. The molecular weight excluding hydrogens is 260 g/mol. The topological polar surface area (TPSA) is 36.1 Å². The largest absolute Gasteiger partial charge is 0.360 e. The van der Waals surface area contributed by atoms with Crippen LogP contribution in [0.1, 0.15) is 43.0 Å². The summed E-state index contributed by atoms with van der Waals surface area (Å²) >= 11 is 0. The third-order valence-electron chi connectivity index (χ3n) is 4.66. The predicted molar refractivity (Wildman–Crippen MR) is 86.7 cm³/mol. The number of aromatic amines is 1. The zero-order valence-corrected chi connectivity index (χ0v) is 12.8. The van der Waals surface area contributed by atoms with Crippen LogP contribution in [0.4, 0.5) is 0 Å². The Balaban J connectivity index is 1.62. The summed E-state index contributed by atoms with van der Waals surface area (Å²) in [6, 6.07) is 8.02. The van der Waals surface area contributed by atoms with Gasteiger partial charge in [-0.2, -0.15) is 0 Å². The van der Waals surface area contributed by atoms with Crippen LogP contribution in [0.2, 0.25) is 0 Å².